The molecule has 0 bridgehead atoms. The van der Waals surface area contributed by atoms with E-state index in [1.807, 2.05) is 55.9 Å². The average Bonchev–Trinajstić information content (AvgIpc) is 3.68. The first-order valence-electron chi connectivity index (χ1n) is 28.6. The van der Waals surface area contributed by atoms with Gasteiger partial charge in [0.2, 0.25) is 17.7 Å². The van der Waals surface area contributed by atoms with E-state index < -0.39 is 25.8 Å². The van der Waals surface area contributed by atoms with E-state index in [-0.39, 0.29) is 69.2 Å². The Morgan fingerprint density at radius 2 is 1.21 bits per heavy atom. The number of rotatable bonds is 47. The first-order valence-corrected chi connectivity index (χ1v) is 30.1. The Morgan fingerprint density at radius 1 is 0.653 bits per heavy atom. The third-order valence-corrected chi connectivity index (χ3v) is 14.7. The number of hydrogen-bond acceptors (Lipinski definition) is 9. The number of esters is 1. The van der Waals surface area contributed by atoms with Crippen LogP contribution in [0.5, 0.6) is 0 Å². The Hall–Kier alpha value is -3.29. The van der Waals surface area contributed by atoms with E-state index in [1.54, 1.807) is 0 Å². The molecule has 0 spiro atoms. The maximum absolute atomic E-state index is 13.4. The molecule has 0 radical (unpaired) electrons. The number of para-hydroxylation sites is 1. The fraction of sp³-hybridized carbons (Fsp3) is 0.789. The number of phosphoric acid groups is 1. The van der Waals surface area contributed by atoms with Gasteiger partial charge in [-0.25, -0.2) is 4.57 Å². The lowest BCUT2D eigenvalue weighted by Crippen LogP contribution is -2.51. The van der Waals surface area contributed by atoms with Crippen LogP contribution in [0.1, 0.15) is 226 Å². The van der Waals surface area contributed by atoms with Crippen molar-refractivity contribution in [3.8, 4) is 0 Å². The predicted molar refractivity (Wildman–Crippen MR) is 292 cm³/mol. The smallest absolute Gasteiger partial charge is 0.462 e. The Labute approximate surface area is 436 Å². The molecule has 3 amide bonds. The van der Waals surface area contributed by atoms with Crippen LogP contribution < -0.4 is 16.0 Å². The van der Waals surface area contributed by atoms with E-state index in [0.717, 1.165) is 93.5 Å². The fourth-order valence-electron chi connectivity index (χ4n) is 9.04. The molecule has 2 aromatic rings. The number of hydrogen-bond donors (Lipinski definition) is 4. The van der Waals surface area contributed by atoms with Crippen LogP contribution >= 0.6 is 7.82 Å². The maximum Gasteiger partial charge on any atom is 0.472 e. The number of ether oxygens (including phenoxy) is 2. The number of nitrogens with one attached hydrogen (secondary N) is 3. The van der Waals surface area contributed by atoms with Gasteiger partial charge >= 0.3 is 13.8 Å². The second-order valence-corrected chi connectivity index (χ2v) is 21.7. The van der Waals surface area contributed by atoms with E-state index in [4.69, 9.17) is 18.5 Å². The zero-order valence-corrected chi connectivity index (χ0v) is 46.9. The van der Waals surface area contributed by atoms with E-state index in [9.17, 15) is 28.6 Å². The molecule has 14 nitrogen and oxygen atoms in total. The van der Waals surface area contributed by atoms with Crippen molar-refractivity contribution in [1.82, 2.24) is 20.5 Å². The molecule has 0 aliphatic carbocycles. The van der Waals surface area contributed by atoms with Crippen molar-refractivity contribution in [2.24, 2.45) is 13.0 Å². The first-order chi connectivity index (χ1) is 34.8. The number of carbonyl (C=O) groups is 4. The van der Waals surface area contributed by atoms with Crippen LogP contribution in [0.25, 0.3) is 10.9 Å². The Balaban J connectivity index is 1.94. The van der Waals surface area contributed by atoms with Crippen LogP contribution in [0, 0.1) is 5.92 Å². The lowest BCUT2D eigenvalue weighted by Gasteiger charge is -2.24. The summed E-state index contributed by atoms with van der Waals surface area (Å²) in [5.41, 5.74) is 1.87. The van der Waals surface area contributed by atoms with Crippen LogP contribution in [0.3, 0.4) is 0 Å². The molecule has 1 aromatic carbocycles. The van der Waals surface area contributed by atoms with E-state index in [1.165, 1.54) is 83.5 Å². The summed E-state index contributed by atoms with van der Waals surface area (Å²) in [7, 11) is -2.70. The van der Waals surface area contributed by atoms with Gasteiger partial charge in [0.15, 0.2) is 0 Å². The normalized spacial score (nSPS) is 14.1. The standard InChI is InChI=1S/C57H101N4O10P/c1-7-11-14-17-19-21-22-23-24-27-30-37-53(62)59-49(45-68-41-39-50(34-29-26-16-13-9-3)71-55(64)38-31-28-25-20-18-15-12-8-2)46-70-72(66,67)69-42-40-58-57(65)56(47(5)10-4)60-54(63)43-48-44-61(6)52-36-33-32-35-51(48)52/h32-33,35-36,44,47,49-50,56H,7-31,34,37-43,45-46H2,1-6H3,(H,58,65)(H,59,62)(H,60,63)(H,66,67). The van der Waals surface area contributed by atoms with Gasteiger partial charge in [-0.3, -0.25) is 28.2 Å². The van der Waals surface area contributed by atoms with Crippen molar-refractivity contribution < 1.29 is 47.2 Å². The van der Waals surface area contributed by atoms with E-state index in [2.05, 4.69) is 36.7 Å². The summed E-state index contributed by atoms with van der Waals surface area (Å²) in [6, 6.07) is 6.27. The molecule has 0 fully saturated rings. The number of nitrogens with zero attached hydrogens (tertiary/aromatic N) is 1. The highest BCUT2D eigenvalue weighted by molar-refractivity contribution is 7.47. The number of amides is 3. The molecule has 2 rings (SSSR count). The van der Waals surface area contributed by atoms with Crippen molar-refractivity contribution in [3.63, 3.8) is 0 Å². The molecular weight excluding hydrogens is 932 g/mol. The largest absolute Gasteiger partial charge is 0.472 e. The quantitative estimate of drug-likeness (QED) is 0.0283. The predicted octanol–water partition coefficient (Wildman–Crippen LogP) is 12.9. The van der Waals surface area contributed by atoms with Gasteiger partial charge in [0.05, 0.1) is 38.9 Å². The van der Waals surface area contributed by atoms with Crippen molar-refractivity contribution in [3.05, 3.63) is 36.0 Å². The van der Waals surface area contributed by atoms with Crippen molar-refractivity contribution in [1.29, 1.82) is 0 Å². The molecule has 4 N–H and O–H groups in total. The number of fused-ring (bicyclic) bond motifs is 1. The van der Waals surface area contributed by atoms with Crippen molar-refractivity contribution >= 4 is 42.4 Å². The molecule has 1 heterocycles. The van der Waals surface area contributed by atoms with Crippen molar-refractivity contribution in [2.45, 2.75) is 245 Å². The van der Waals surface area contributed by atoms with Gasteiger partial charge in [0.1, 0.15) is 12.1 Å². The lowest BCUT2D eigenvalue weighted by atomic mass is 9.98. The zero-order valence-electron chi connectivity index (χ0n) is 46.0. The Morgan fingerprint density at radius 3 is 1.81 bits per heavy atom. The zero-order chi connectivity index (χ0) is 52.7. The van der Waals surface area contributed by atoms with Gasteiger partial charge in [0.25, 0.3) is 0 Å². The third-order valence-electron chi connectivity index (χ3n) is 13.7. The van der Waals surface area contributed by atoms with Gasteiger partial charge < -0.3 is 34.9 Å². The SMILES string of the molecule is CCCCCCCCCCCCCC(=O)NC(COCCC(CCCCCCC)OC(=O)CCCCCCCCCC)COP(=O)(O)OCCNC(=O)C(NC(=O)Cc1cn(C)c2ccccc12)C(C)CC. The maximum atomic E-state index is 13.4. The van der Waals surface area contributed by atoms with E-state index >= 15 is 0 Å². The monoisotopic (exact) mass is 1030 g/mol. The highest BCUT2D eigenvalue weighted by atomic mass is 31.2. The molecule has 1 aromatic heterocycles. The van der Waals surface area contributed by atoms with Crippen LogP contribution in [0.15, 0.2) is 30.5 Å². The summed E-state index contributed by atoms with van der Waals surface area (Å²) in [5, 5.41) is 9.55. The van der Waals surface area contributed by atoms with E-state index in [0.29, 0.717) is 25.7 Å². The molecule has 72 heavy (non-hydrogen) atoms. The third kappa shape index (κ3) is 30.8. The minimum absolute atomic E-state index is 0.0126. The number of carbonyl (C=O) groups excluding carboxylic acids is 4. The molecule has 5 unspecified atom stereocenters. The number of aromatic nitrogens is 1. The molecule has 0 saturated carbocycles. The van der Waals surface area contributed by atoms with Gasteiger partial charge in [-0.05, 0) is 43.2 Å². The summed E-state index contributed by atoms with van der Waals surface area (Å²) >= 11 is 0. The second kappa shape index (κ2) is 41.0. The Kier molecular flexibility index (Phi) is 36.9. The fourth-order valence-corrected chi connectivity index (χ4v) is 9.80. The van der Waals surface area contributed by atoms with Crippen LogP contribution in [-0.2, 0) is 55.7 Å². The van der Waals surface area contributed by atoms with Crippen LogP contribution in [0.2, 0.25) is 0 Å². The van der Waals surface area contributed by atoms with Gasteiger partial charge in [-0.2, -0.15) is 0 Å². The van der Waals surface area contributed by atoms with Crippen molar-refractivity contribution in [2.75, 3.05) is 33.0 Å². The number of aryl methyl sites for hydroxylation is 1. The molecule has 0 aliphatic rings. The van der Waals surface area contributed by atoms with Gasteiger partial charge in [-0.15, -0.1) is 0 Å². The van der Waals surface area contributed by atoms with Gasteiger partial charge in [0, 0.05) is 50.0 Å². The molecule has 15 heteroatoms. The summed E-state index contributed by atoms with van der Waals surface area (Å²) in [4.78, 5) is 63.4. The Bertz CT molecular complexity index is 1790. The van der Waals surface area contributed by atoms with Crippen LogP contribution in [-0.4, -0.2) is 84.3 Å². The molecule has 0 saturated heterocycles. The topological polar surface area (TPSA) is 184 Å². The summed E-state index contributed by atoms with van der Waals surface area (Å²) in [6.45, 7) is 9.95. The summed E-state index contributed by atoms with van der Waals surface area (Å²) in [6.07, 6.45) is 32.0. The molecule has 0 aliphatic heterocycles. The number of benzene rings is 1. The highest BCUT2D eigenvalue weighted by Crippen LogP contribution is 2.43. The number of unbranched alkanes of at least 4 members (excludes halogenated alkanes) is 21. The summed E-state index contributed by atoms with van der Waals surface area (Å²) < 4.78 is 37.8. The van der Waals surface area contributed by atoms with Crippen LogP contribution in [0.4, 0.5) is 0 Å². The summed E-state index contributed by atoms with van der Waals surface area (Å²) in [5.74, 6) is -1.26. The minimum Gasteiger partial charge on any atom is -0.462 e. The molecule has 5 atom stereocenters. The minimum atomic E-state index is -4.63. The molecular formula is C57H101N4O10P. The molecule has 414 valence electrons. The second-order valence-electron chi connectivity index (χ2n) is 20.2. The lowest BCUT2D eigenvalue weighted by molar-refractivity contribution is -0.150. The van der Waals surface area contributed by atoms with Gasteiger partial charge in [-0.1, -0.05) is 194 Å². The average molecular weight is 1030 g/mol. The first kappa shape index (κ1) is 64.8. The number of phosphoric ester groups is 1. The highest BCUT2D eigenvalue weighted by Gasteiger charge is 2.28.